The first-order chi connectivity index (χ1) is 9.59. The molecule has 1 aromatic carbocycles. The Kier molecular flexibility index (Phi) is 5.18. The molecule has 0 aliphatic heterocycles. The third-order valence-electron chi connectivity index (χ3n) is 4.28. The van der Waals surface area contributed by atoms with Crippen LogP contribution in [-0.4, -0.2) is 23.2 Å². The minimum absolute atomic E-state index is 0.0345. The molecule has 1 aliphatic carbocycles. The van der Waals surface area contributed by atoms with Gasteiger partial charge in [-0.25, -0.2) is 0 Å². The second kappa shape index (κ2) is 6.89. The van der Waals surface area contributed by atoms with E-state index in [1.54, 1.807) is 0 Å². The molecule has 1 aromatic rings. The molecule has 3 nitrogen and oxygen atoms in total. The molecule has 2 N–H and O–H groups in total. The second-order valence-electron chi connectivity index (χ2n) is 5.99. The van der Waals surface area contributed by atoms with Crippen LogP contribution in [0.5, 0.6) is 0 Å². The smallest absolute Gasteiger partial charge is 0.220 e. The third kappa shape index (κ3) is 4.34. The largest absolute Gasteiger partial charge is 0.388 e. The normalized spacial score (nSPS) is 17.7. The van der Waals surface area contributed by atoms with Gasteiger partial charge in [-0.1, -0.05) is 43.5 Å². The highest BCUT2D eigenvalue weighted by Crippen LogP contribution is 2.27. The van der Waals surface area contributed by atoms with Gasteiger partial charge in [-0.05, 0) is 37.3 Å². The first kappa shape index (κ1) is 15.0. The zero-order valence-electron chi connectivity index (χ0n) is 12.3. The Morgan fingerprint density at radius 1 is 1.25 bits per heavy atom. The van der Waals surface area contributed by atoms with Gasteiger partial charge in [0.15, 0.2) is 0 Å². The van der Waals surface area contributed by atoms with Crippen LogP contribution in [0.1, 0.15) is 49.7 Å². The molecule has 0 bridgehead atoms. The van der Waals surface area contributed by atoms with Gasteiger partial charge in [-0.2, -0.15) is 0 Å². The summed E-state index contributed by atoms with van der Waals surface area (Å²) in [6, 6.07) is 8.15. The monoisotopic (exact) mass is 275 g/mol. The van der Waals surface area contributed by atoms with E-state index in [0.29, 0.717) is 13.0 Å². The number of carbonyl (C=O) groups is 1. The van der Waals surface area contributed by atoms with Crippen molar-refractivity contribution in [3.8, 4) is 0 Å². The molecular weight excluding hydrogens is 250 g/mol. The fourth-order valence-electron chi connectivity index (χ4n) is 2.88. The maximum Gasteiger partial charge on any atom is 0.220 e. The number of nitrogens with one attached hydrogen (secondary N) is 1. The molecule has 20 heavy (non-hydrogen) atoms. The van der Waals surface area contributed by atoms with Crippen molar-refractivity contribution >= 4 is 5.91 Å². The lowest BCUT2D eigenvalue weighted by Crippen LogP contribution is -2.44. The van der Waals surface area contributed by atoms with Gasteiger partial charge in [0, 0.05) is 13.0 Å². The van der Waals surface area contributed by atoms with E-state index in [2.05, 4.69) is 24.4 Å². The van der Waals surface area contributed by atoms with Crippen LogP contribution in [-0.2, 0) is 11.2 Å². The molecule has 0 spiro atoms. The summed E-state index contributed by atoms with van der Waals surface area (Å²) in [4.78, 5) is 11.9. The lowest BCUT2D eigenvalue weighted by Gasteiger charge is -2.32. The molecule has 0 unspecified atom stereocenters. The highest BCUT2D eigenvalue weighted by atomic mass is 16.3. The lowest BCUT2D eigenvalue weighted by molar-refractivity contribution is -0.122. The fourth-order valence-corrected chi connectivity index (χ4v) is 2.88. The average Bonchev–Trinajstić information content (AvgIpc) is 2.45. The van der Waals surface area contributed by atoms with Gasteiger partial charge in [0.1, 0.15) is 0 Å². The van der Waals surface area contributed by atoms with Crippen molar-refractivity contribution in [1.29, 1.82) is 0 Å². The topological polar surface area (TPSA) is 49.3 Å². The van der Waals surface area contributed by atoms with Crippen molar-refractivity contribution < 1.29 is 9.90 Å². The third-order valence-corrected chi connectivity index (χ3v) is 4.28. The van der Waals surface area contributed by atoms with Crippen LogP contribution in [0.25, 0.3) is 0 Å². The van der Waals surface area contributed by atoms with E-state index in [0.717, 1.165) is 32.1 Å². The predicted molar refractivity (Wildman–Crippen MR) is 80.5 cm³/mol. The summed E-state index contributed by atoms with van der Waals surface area (Å²) >= 11 is 0. The number of rotatable bonds is 5. The minimum atomic E-state index is -0.670. The number of amides is 1. The van der Waals surface area contributed by atoms with Crippen molar-refractivity contribution in [1.82, 2.24) is 5.32 Å². The molecule has 0 saturated heterocycles. The first-order valence-electron chi connectivity index (χ1n) is 7.63. The molecule has 1 aliphatic rings. The van der Waals surface area contributed by atoms with Gasteiger partial charge in [-0.15, -0.1) is 0 Å². The minimum Gasteiger partial charge on any atom is -0.388 e. The van der Waals surface area contributed by atoms with E-state index in [1.807, 2.05) is 12.1 Å². The zero-order valence-corrected chi connectivity index (χ0v) is 12.3. The predicted octanol–water partition coefficient (Wildman–Crippen LogP) is 2.74. The first-order valence-corrected chi connectivity index (χ1v) is 7.63. The maximum absolute atomic E-state index is 11.9. The van der Waals surface area contributed by atoms with Crippen LogP contribution in [0.4, 0.5) is 0 Å². The molecule has 1 fully saturated rings. The van der Waals surface area contributed by atoms with E-state index < -0.39 is 5.60 Å². The fraction of sp³-hybridized carbons (Fsp3) is 0.588. The quantitative estimate of drug-likeness (QED) is 0.868. The van der Waals surface area contributed by atoms with Crippen molar-refractivity contribution in [3.05, 3.63) is 35.4 Å². The molecule has 1 amide bonds. The molecule has 2 rings (SSSR count). The van der Waals surface area contributed by atoms with Gasteiger partial charge in [0.2, 0.25) is 5.91 Å². The van der Waals surface area contributed by atoms with E-state index in [9.17, 15) is 9.90 Å². The van der Waals surface area contributed by atoms with Crippen LogP contribution in [0.15, 0.2) is 24.3 Å². The van der Waals surface area contributed by atoms with Crippen molar-refractivity contribution in [2.75, 3.05) is 6.54 Å². The van der Waals surface area contributed by atoms with Gasteiger partial charge in [0.25, 0.3) is 0 Å². The van der Waals surface area contributed by atoms with Crippen molar-refractivity contribution in [3.63, 3.8) is 0 Å². The van der Waals surface area contributed by atoms with Crippen LogP contribution >= 0.6 is 0 Å². The summed E-state index contributed by atoms with van der Waals surface area (Å²) in [5, 5.41) is 13.2. The number of aryl methyl sites for hydroxylation is 2. The van der Waals surface area contributed by atoms with Crippen molar-refractivity contribution in [2.45, 2.75) is 57.5 Å². The number of aliphatic hydroxyl groups is 1. The number of hydrogen-bond donors (Lipinski definition) is 2. The SMILES string of the molecule is Cc1ccccc1CCC(=O)NCC1(O)CCCCC1. The highest BCUT2D eigenvalue weighted by molar-refractivity contribution is 5.76. The molecular formula is C17H25NO2. The standard InChI is InChI=1S/C17H25NO2/c1-14-7-3-4-8-15(14)9-10-16(19)18-13-17(20)11-5-2-6-12-17/h3-4,7-8,20H,2,5-6,9-13H2,1H3,(H,18,19). The van der Waals surface area contributed by atoms with Gasteiger partial charge >= 0.3 is 0 Å². The lowest BCUT2D eigenvalue weighted by atomic mass is 9.85. The summed E-state index contributed by atoms with van der Waals surface area (Å²) < 4.78 is 0. The molecule has 1 saturated carbocycles. The van der Waals surface area contributed by atoms with E-state index >= 15 is 0 Å². The Morgan fingerprint density at radius 2 is 1.95 bits per heavy atom. The van der Waals surface area contributed by atoms with Crippen LogP contribution in [0.2, 0.25) is 0 Å². The molecule has 0 radical (unpaired) electrons. The molecule has 0 atom stereocenters. The molecule has 0 aromatic heterocycles. The molecule has 0 heterocycles. The Morgan fingerprint density at radius 3 is 2.65 bits per heavy atom. The summed E-state index contributed by atoms with van der Waals surface area (Å²) in [6.07, 6.45) is 6.20. The average molecular weight is 275 g/mol. The summed E-state index contributed by atoms with van der Waals surface area (Å²) in [5.74, 6) is 0.0345. The summed E-state index contributed by atoms with van der Waals surface area (Å²) in [6.45, 7) is 2.47. The van der Waals surface area contributed by atoms with Gasteiger partial charge in [-0.3, -0.25) is 4.79 Å². The van der Waals surface area contributed by atoms with Crippen LogP contribution in [0, 0.1) is 6.92 Å². The van der Waals surface area contributed by atoms with E-state index in [1.165, 1.54) is 17.5 Å². The van der Waals surface area contributed by atoms with Crippen LogP contribution in [0.3, 0.4) is 0 Å². The highest BCUT2D eigenvalue weighted by Gasteiger charge is 2.29. The van der Waals surface area contributed by atoms with Crippen LogP contribution < -0.4 is 5.32 Å². The van der Waals surface area contributed by atoms with Gasteiger partial charge in [0.05, 0.1) is 5.60 Å². The Labute approximate surface area is 121 Å². The van der Waals surface area contributed by atoms with Gasteiger partial charge < -0.3 is 10.4 Å². The zero-order chi connectivity index (χ0) is 14.4. The number of carbonyl (C=O) groups excluding carboxylic acids is 1. The number of benzene rings is 1. The molecule has 3 heteroatoms. The Bertz CT molecular complexity index is 450. The van der Waals surface area contributed by atoms with E-state index in [-0.39, 0.29) is 5.91 Å². The number of hydrogen-bond acceptors (Lipinski definition) is 2. The molecule has 110 valence electrons. The Hall–Kier alpha value is -1.35. The van der Waals surface area contributed by atoms with E-state index in [4.69, 9.17) is 0 Å². The maximum atomic E-state index is 11.9. The van der Waals surface area contributed by atoms with Crippen molar-refractivity contribution in [2.24, 2.45) is 0 Å². The summed E-state index contributed by atoms with van der Waals surface area (Å²) in [7, 11) is 0. The second-order valence-corrected chi connectivity index (χ2v) is 5.99. The Balaban J connectivity index is 1.74. The summed E-state index contributed by atoms with van der Waals surface area (Å²) in [5.41, 5.74) is 1.78.